The Balaban J connectivity index is 3.65. The zero-order valence-corrected chi connectivity index (χ0v) is 6.50. The van der Waals surface area contributed by atoms with E-state index in [1.165, 1.54) is 6.42 Å². The molecule has 0 heterocycles. The fraction of sp³-hybridized carbons (Fsp3) is 0.714. The Bertz CT molecular complexity index is 99.8. The van der Waals surface area contributed by atoms with Crippen LogP contribution in [0.25, 0.3) is 0 Å². The minimum Gasteiger partial charge on any atom is -0.396 e. The topological polar surface area (TPSA) is 40.5 Å². The highest BCUT2D eigenvalue weighted by Gasteiger charge is 2.07. The van der Waals surface area contributed by atoms with E-state index in [9.17, 15) is 4.79 Å². The first-order chi connectivity index (χ1) is 4.76. The summed E-state index contributed by atoms with van der Waals surface area (Å²) in [6.45, 7) is 5.05. The van der Waals surface area contributed by atoms with E-state index < -0.39 is 0 Å². The highest BCUT2D eigenvalue weighted by Crippen LogP contribution is 1.90. The highest BCUT2D eigenvalue weighted by atomic mass is 16.3. The van der Waals surface area contributed by atoms with E-state index in [1.54, 1.807) is 4.90 Å². The van der Waals surface area contributed by atoms with Crippen molar-refractivity contribution in [1.82, 2.24) is 4.90 Å². The molecule has 10 heavy (non-hydrogen) atoms. The molecule has 3 nitrogen and oxygen atoms in total. The molecule has 1 N–H and O–H groups in total. The molecule has 0 spiro atoms. The van der Waals surface area contributed by atoms with Crippen LogP contribution in [-0.2, 0) is 4.79 Å². The Morgan fingerprint density at radius 3 is 2.30 bits per heavy atom. The van der Waals surface area contributed by atoms with Crippen molar-refractivity contribution in [1.29, 1.82) is 0 Å². The van der Waals surface area contributed by atoms with Crippen LogP contribution in [0.3, 0.4) is 0 Å². The maximum absolute atomic E-state index is 10.9. The number of aliphatic hydroxyl groups is 1. The highest BCUT2D eigenvalue weighted by molar-refractivity contribution is 5.84. The van der Waals surface area contributed by atoms with Crippen LogP contribution in [0.1, 0.15) is 13.8 Å². The van der Waals surface area contributed by atoms with E-state index in [0.717, 1.165) is 0 Å². The molecule has 0 aromatic heterocycles. The Kier molecular flexibility index (Phi) is 4.94. The molecule has 0 saturated carbocycles. The minimum atomic E-state index is -0.171. The molecule has 0 rings (SSSR count). The van der Waals surface area contributed by atoms with Crippen molar-refractivity contribution in [3.8, 4) is 0 Å². The largest absolute Gasteiger partial charge is 0.396 e. The van der Waals surface area contributed by atoms with Crippen molar-refractivity contribution in [2.24, 2.45) is 0 Å². The van der Waals surface area contributed by atoms with Gasteiger partial charge in [-0.1, -0.05) is 0 Å². The summed E-state index contributed by atoms with van der Waals surface area (Å²) < 4.78 is 0. The molecule has 0 saturated heterocycles. The van der Waals surface area contributed by atoms with E-state index in [4.69, 9.17) is 5.11 Å². The normalized spacial score (nSPS) is 9.50. The molecule has 0 aromatic rings. The molecule has 0 atom stereocenters. The third-order valence-corrected chi connectivity index (χ3v) is 1.34. The predicted octanol–water partition coefficient (Wildman–Crippen LogP) is 0.0514. The van der Waals surface area contributed by atoms with Gasteiger partial charge in [-0.3, -0.25) is 4.79 Å². The summed E-state index contributed by atoms with van der Waals surface area (Å²) in [6, 6.07) is 0. The Morgan fingerprint density at radius 1 is 1.50 bits per heavy atom. The lowest BCUT2D eigenvalue weighted by Gasteiger charge is -2.17. The monoisotopic (exact) mass is 144 g/mol. The lowest BCUT2D eigenvalue weighted by molar-refractivity contribution is -0.127. The Morgan fingerprint density at radius 2 is 2.00 bits per heavy atom. The van der Waals surface area contributed by atoms with E-state index in [-0.39, 0.29) is 12.5 Å². The van der Waals surface area contributed by atoms with Gasteiger partial charge in [0.1, 0.15) is 0 Å². The quantitative estimate of drug-likeness (QED) is 0.605. The van der Waals surface area contributed by atoms with Gasteiger partial charge in [-0.2, -0.15) is 0 Å². The number of hydrogen-bond donors (Lipinski definition) is 1. The lowest BCUT2D eigenvalue weighted by Crippen LogP contribution is -2.31. The number of nitrogens with zero attached hydrogens (tertiary/aromatic N) is 1. The van der Waals surface area contributed by atoms with Gasteiger partial charge in [0.25, 0.3) is 0 Å². The summed E-state index contributed by atoms with van der Waals surface area (Å²) in [5, 5.41) is 8.37. The second-order valence-electron chi connectivity index (χ2n) is 1.90. The summed E-state index contributed by atoms with van der Waals surface area (Å²) in [7, 11) is 0. The van der Waals surface area contributed by atoms with Crippen molar-refractivity contribution < 1.29 is 9.90 Å². The van der Waals surface area contributed by atoms with Crippen molar-refractivity contribution in [3.05, 3.63) is 6.42 Å². The third-order valence-electron chi connectivity index (χ3n) is 1.34. The van der Waals surface area contributed by atoms with Crippen LogP contribution >= 0.6 is 0 Å². The van der Waals surface area contributed by atoms with E-state index >= 15 is 0 Å². The SMILES string of the molecule is CCN(CC)C(=O)[CH]CO. The van der Waals surface area contributed by atoms with Crippen LogP contribution in [-0.4, -0.2) is 35.6 Å². The minimum absolute atomic E-state index is 0.0903. The summed E-state index contributed by atoms with van der Waals surface area (Å²) in [6.07, 6.45) is 1.27. The molecular formula is C7H14NO2. The Hall–Kier alpha value is -0.570. The van der Waals surface area contributed by atoms with Gasteiger partial charge in [0.2, 0.25) is 5.91 Å². The van der Waals surface area contributed by atoms with Gasteiger partial charge in [0.15, 0.2) is 0 Å². The number of aliphatic hydroxyl groups excluding tert-OH is 1. The average Bonchev–Trinajstić information content (AvgIpc) is 1.91. The van der Waals surface area contributed by atoms with Gasteiger partial charge in [0.05, 0.1) is 13.0 Å². The van der Waals surface area contributed by atoms with Gasteiger partial charge in [-0.15, -0.1) is 0 Å². The van der Waals surface area contributed by atoms with Crippen LogP contribution in [0.4, 0.5) is 0 Å². The number of hydrogen-bond acceptors (Lipinski definition) is 2. The van der Waals surface area contributed by atoms with E-state index in [2.05, 4.69) is 0 Å². The molecule has 0 bridgehead atoms. The zero-order chi connectivity index (χ0) is 7.98. The first kappa shape index (κ1) is 9.43. The van der Waals surface area contributed by atoms with Crippen molar-refractivity contribution in [2.45, 2.75) is 13.8 Å². The van der Waals surface area contributed by atoms with Gasteiger partial charge in [-0.05, 0) is 13.8 Å². The molecule has 0 unspecified atom stereocenters. The van der Waals surface area contributed by atoms with Crippen LogP contribution < -0.4 is 0 Å². The second-order valence-corrected chi connectivity index (χ2v) is 1.90. The molecule has 0 aliphatic carbocycles. The van der Waals surface area contributed by atoms with Gasteiger partial charge in [0, 0.05) is 13.1 Å². The fourth-order valence-electron chi connectivity index (χ4n) is 0.742. The lowest BCUT2D eigenvalue weighted by atomic mass is 10.3. The molecule has 1 radical (unpaired) electrons. The van der Waals surface area contributed by atoms with Crippen molar-refractivity contribution in [3.63, 3.8) is 0 Å². The first-order valence-corrected chi connectivity index (χ1v) is 3.49. The van der Waals surface area contributed by atoms with Crippen LogP contribution in [0, 0.1) is 6.42 Å². The molecule has 3 heteroatoms. The van der Waals surface area contributed by atoms with Crippen molar-refractivity contribution in [2.75, 3.05) is 19.7 Å². The molecule has 59 valence electrons. The standard InChI is InChI=1S/C7H14NO2/c1-3-8(4-2)7(10)5-6-9/h5,9H,3-4,6H2,1-2H3. The first-order valence-electron chi connectivity index (χ1n) is 3.49. The number of carbonyl (C=O) groups is 1. The summed E-state index contributed by atoms with van der Waals surface area (Å²) in [5.41, 5.74) is 0. The number of rotatable bonds is 4. The smallest absolute Gasteiger partial charge is 0.228 e. The molecule has 1 amide bonds. The molecule has 0 aliphatic rings. The maximum Gasteiger partial charge on any atom is 0.228 e. The summed E-state index contributed by atoms with van der Waals surface area (Å²) in [4.78, 5) is 12.6. The van der Waals surface area contributed by atoms with Crippen molar-refractivity contribution >= 4 is 5.91 Å². The predicted molar refractivity (Wildman–Crippen MR) is 39.3 cm³/mol. The average molecular weight is 144 g/mol. The Labute approximate surface area is 61.6 Å². The summed E-state index contributed by atoms with van der Waals surface area (Å²) in [5.74, 6) is -0.0903. The molecule has 0 aromatic carbocycles. The maximum atomic E-state index is 10.9. The van der Waals surface area contributed by atoms with Gasteiger partial charge >= 0.3 is 0 Å². The molecular weight excluding hydrogens is 130 g/mol. The zero-order valence-electron chi connectivity index (χ0n) is 6.50. The second kappa shape index (κ2) is 5.23. The summed E-state index contributed by atoms with van der Waals surface area (Å²) >= 11 is 0. The van der Waals surface area contributed by atoms with Crippen LogP contribution in [0.15, 0.2) is 0 Å². The fourth-order valence-corrected chi connectivity index (χ4v) is 0.742. The van der Waals surface area contributed by atoms with Gasteiger partial charge < -0.3 is 10.0 Å². The van der Waals surface area contributed by atoms with Crippen LogP contribution in [0.5, 0.6) is 0 Å². The number of amides is 1. The van der Waals surface area contributed by atoms with E-state index in [1.807, 2.05) is 13.8 Å². The van der Waals surface area contributed by atoms with Gasteiger partial charge in [-0.25, -0.2) is 0 Å². The molecule has 0 fully saturated rings. The van der Waals surface area contributed by atoms with Crippen LogP contribution in [0.2, 0.25) is 0 Å². The van der Waals surface area contributed by atoms with E-state index in [0.29, 0.717) is 13.1 Å². The third kappa shape index (κ3) is 2.82. The number of carbonyl (C=O) groups excluding carboxylic acids is 1. The molecule has 0 aliphatic heterocycles.